The molecule has 0 heterocycles. The minimum Gasteiger partial charge on any atom is -0.379 e. The predicted molar refractivity (Wildman–Crippen MR) is 299 cm³/mol. The van der Waals surface area contributed by atoms with Gasteiger partial charge in [0, 0.05) is 38.9 Å². The van der Waals surface area contributed by atoms with Crippen molar-refractivity contribution >= 4 is 57.6 Å². The van der Waals surface area contributed by atoms with E-state index < -0.39 is 17.2 Å². The van der Waals surface area contributed by atoms with Crippen LogP contribution in [0.4, 0.5) is 0 Å². The summed E-state index contributed by atoms with van der Waals surface area (Å²) in [5.74, 6) is -0.716. The molecule has 4 N–H and O–H groups in total. The highest BCUT2D eigenvalue weighted by Crippen LogP contribution is 2.20. The zero-order valence-corrected chi connectivity index (χ0v) is 48.0. The van der Waals surface area contributed by atoms with E-state index in [4.69, 9.17) is 52.1 Å². The third-order valence-electron chi connectivity index (χ3n) is 11.4. The van der Waals surface area contributed by atoms with Gasteiger partial charge in [-0.3, -0.25) is 24.0 Å². The number of aliphatic imine (C=N–C) groups is 1. The Bertz CT molecular complexity index is 1990. The number of ketones is 1. The average molecular weight is 1120 g/mol. The van der Waals surface area contributed by atoms with Gasteiger partial charge in [-0.2, -0.15) is 0 Å². The van der Waals surface area contributed by atoms with Crippen LogP contribution in [0, 0.1) is 0 Å². The minimum absolute atomic E-state index is 0.0990. The summed E-state index contributed by atoms with van der Waals surface area (Å²) in [6.45, 7) is 18.5. The van der Waals surface area contributed by atoms with E-state index in [1.807, 2.05) is 70.2 Å². The first-order chi connectivity index (χ1) is 37.7. The van der Waals surface area contributed by atoms with Crippen molar-refractivity contribution in [2.24, 2.45) is 4.99 Å². The molecule has 2 rings (SSSR count). The van der Waals surface area contributed by atoms with E-state index in [9.17, 15) is 24.0 Å². The Morgan fingerprint density at radius 3 is 1.59 bits per heavy atom. The van der Waals surface area contributed by atoms with E-state index in [1.54, 1.807) is 6.92 Å². The van der Waals surface area contributed by atoms with E-state index in [2.05, 4.69) is 43.6 Å². The maximum absolute atomic E-state index is 13.3. The Morgan fingerprint density at radius 1 is 0.538 bits per heavy atom. The first-order valence-corrected chi connectivity index (χ1v) is 27.7. The summed E-state index contributed by atoms with van der Waals surface area (Å²) >= 11 is 4.51. The number of hydrogen-bond acceptors (Lipinski definition) is 18. The number of unbranched alkanes of at least 4 members (excludes halogenated alkanes) is 1. The van der Waals surface area contributed by atoms with Crippen LogP contribution in [0.2, 0.25) is 0 Å². The molecule has 0 aliphatic carbocycles. The molecule has 0 saturated heterocycles. The molecule has 4 amide bonds. The third-order valence-corrected chi connectivity index (χ3v) is 11.5. The number of Topliss-reactive ketones (excluding diaryl/α,β-unsaturated/α-hetero) is 1. The Kier molecular flexibility index (Phi) is 40.5. The lowest BCUT2D eigenvalue weighted by atomic mass is 10.0. The second-order valence-electron chi connectivity index (χ2n) is 19.3. The fourth-order valence-electron chi connectivity index (χ4n) is 7.34. The molecule has 0 spiro atoms. The minimum atomic E-state index is -0.758. The molecule has 22 heteroatoms. The lowest BCUT2D eigenvalue weighted by Crippen LogP contribution is -2.48. The van der Waals surface area contributed by atoms with E-state index in [-0.39, 0.29) is 75.0 Å². The van der Waals surface area contributed by atoms with E-state index >= 15 is 0 Å². The molecular weight excluding hydrogens is 1030 g/mol. The largest absolute Gasteiger partial charge is 0.379 e. The molecule has 1 unspecified atom stereocenters. The van der Waals surface area contributed by atoms with Crippen molar-refractivity contribution in [2.45, 2.75) is 103 Å². The monoisotopic (exact) mass is 1120 g/mol. The molecule has 21 nitrogen and oxygen atoms in total. The third kappa shape index (κ3) is 39.9. The van der Waals surface area contributed by atoms with Crippen LogP contribution in [0.25, 0.3) is 10.8 Å². The first-order valence-electron chi connectivity index (χ1n) is 27.3. The number of thiocarbonyl (C=S) groups is 1. The van der Waals surface area contributed by atoms with Gasteiger partial charge in [-0.05, 0) is 88.9 Å². The number of isothiocyanates is 1. The molecule has 0 saturated carbocycles. The summed E-state index contributed by atoms with van der Waals surface area (Å²) < 4.78 is 61.5. The Balaban J connectivity index is 1.44. The fourth-order valence-corrected chi connectivity index (χ4v) is 7.43. The van der Waals surface area contributed by atoms with Crippen molar-refractivity contribution in [3.63, 3.8) is 0 Å². The van der Waals surface area contributed by atoms with Crippen molar-refractivity contribution in [3.05, 3.63) is 48.0 Å². The SMILES string of the molecule is CC(=O)CC(C)(C)OCCC(C)(C)OCCOCCNC(=O)CCOCCOCCOCCOCCOCCOCCNC(=O)C(CCCCNC(=O)CCOCCOCCN=C=S)NC(=O)Cc1ccc2ccccc2c1. The summed E-state index contributed by atoms with van der Waals surface area (Å²) in [5, 5.41) is 15.9. The molecule has 2 aromatic rings. The van der Waals surface area contributed by atoms with E-state index in [1.165, 1.54) is 0 Å². The van der Waals surface area contributed by atoms with Crippen molar-refractivity contribution in [3.8, 4) is 0 Å². The number of ether oxygens (including phenoxy) is 11. The molecule has 0 aromatic heterocycles. The summed E-state index contributed by atoms with van der Waals surface area (Å²) in [6.07, 6.45) is 3.26. The predicted octanol–water partition coefficient (Wildman–Crippen LogP) is 4.38. The van der Waals surface area contributed by atoms with Crippen LogP contribution in [0.15, 0.2) is 47.5 Å². The summed E-state index contributed by atoms with van der Waals surface area (Å²) in [5.41, 5.74) is -0.0384. The van der Waals surface area contributed by atoms with Crippen LogP contribution < -0.4 is 21.3 Å². The Labute approximate surface area is 467 Å². The van der Waals surface area contributed by atoms with Gasteiger partial charge in [-0.15, -0.1) is 0 Å². The lowest BCUT2D eigenvalue weighted by molar-refractivity contribution is -0.129. The number of fused-ring (bicyclic) bond motifs is 1. The highest BCUT2D eigenvalue weighted by molar-refractivity contribution is 7.78. The summed E-state index contributed by atoms with van der Waals surface area (Å²) in [6, 6.07) is 13.0. The number of benzene rings is 2. The number of rotatable bonds is 52. The molecule has 78 heavy (non-hydrogen) atoms. The molecule has 0 aliphatic heterocycles. The van der Waals surface area contributed by atoms with Crippen LogP contribution in [0.3, 0.4) is 0 Å². The number of nitrogens with zero attached hydrogens (tertiary/aromatic N) is 1. The van der Waals surface area contributed by atoms with Crippen LogP contribution in [0.5, 0.6) is 0 Å². The maximum Gasteiger partial charge on any atom is 0.242 e. The van der Waals surface area contributed by atoms with E-state index in [0.29, 0.717) is 164 Å². The van der Waals surface area contributed by atoms with Crippen LogP contribution in [-0.4, -0.2) is 210 Å². The topological polar surface area (TPSA) is 247 Å². The van der Waals surface area contributed by atoms with Crippen molar-refractivity contribution in [2.75, 3.05) is 158 Å². The van der Waals surface area contributed by atoms with Crippen LogP contribution in [-0.2, 0) is 82.5 Å². The maximum atomic E-state index is 13.3. The van der Waals surface area contributed by atoms with Gasteiger partial charge in [-0.1, -0.05) is 42.5 Å². The van der Waals surface area contributed by atoms with Gasteiger partial charge in [0.05, 0.1) is 161 Å². The van der Waals surface area contributed by atoms with Gasteiger partial charge in [0.1, 0.15) is 11.8 Å². The molecule has 0 fully saturated rings. The summed E-state index contributed by atoms with van der Waals surface area (Å²) in [7, 11) is 0. The Morgan fingerprint density at radius 2 is 1.03 bits per heavy atom. The van der Waals surface area contributed by atoms with Gasteiger partial charge in [0.2, 0.25) is 23.6 Å². The molecule has 442 valence electrons. The number of carbonyl (C=O) groups excluding carboxylic acids is 5. The smallest absolute Gasteiger partial charge is 0.242 e. The molecule has 0 radical (unpaired) electrons. The zero-order valence-electron chi connectivity index (χ0n) is 47.1. The highest BCUT2D eigenvalue weighted by atomic mass is 32.1. The fraction of sp³-hybridized carbons (Fsp3) is 0.714. The number of carbonyl (C=O) groups is 5. The highest BCUT2D eigenvalue weighted by Gasteiger charge is 2.24. The number of hydrogen-bond donors (Lipinski definition) is 4. The number of amides is 4. The molecule has 1 atom stereocenters. The summed E-state index contributed by atoms with van der Waals surface area (Å²) in [4.78, 5) is 65.9. The number of nitrogens with one attached hydrogen (secondary N) is 4. The second kappa shape index (κ2) is 45.4. The van der Waals surface area contributed by atoms with Crippen LogP contribution in [0.1, 0.15) is 85.1 Å². The zero-order chi connectivity index (χ0) is 56.8. The van der Waals surface area contributed by atoms with Crippen molar-refractivity contribution in [1.82, 2.24) is 21.3 Å². The standard InChI is InChI=1S/C56H91N5O16S/c1-46(62)44-56(4,5)76-24-17-55(2,3)77-41-40-71-26-20-59-52(64)16-23-68-29-32-72-34-36-74-38-39-75-37-35-73-33-31-70-27-21-60-54(66)50(61-53(65)43-47-13-14-48-10-6-7-11-49(48)42-47)12-8-9-18-58-51(63)15-22-67-28-30-69-25-19-57-45-78/h6-7,10-11,13-14,42,50H,8-9,12,15-41,43-44H2,1-5H3,(H,58,63)(H,59,64)(H,60,66)(H,61,65). The first kappa shape index (κ1) is 69.7. The van der Waals surface area contributed by atoms with Crippen molar-refractivity contribution < 1.29 is 76.1 Å². The molecule has 2 aromatic carbocycles. The Hall–Kier alpha value is -4.39. The average Bonchev–Trinajstić information content (AvgIpc) is 3.40. The second-order valence-corrected chi connectivity index (χ2v) is 19.5. The molecule has 0 aliphatic rings. The molecular formula is C56H91N5O16S. The van der Waals surface area contributed by atoms with Gasteiger partial charge >= 0.3 is 0 Å². The van der Waals surface area contributed by atoms with Crippen molar-refractivity contribution in [1.29, 1.82) is 0 Å². The van der Waals surface area contributed by atoms with Gasteiger partial charge in [0.15, 0.2) is 0 Å². The van der Waals surface area contributed by atoms with Gasteiger partial charge < -0.3 is 73.4 Å². The van der Waals surface area contributed by atoms with Crippen LogP contribution >= 0.6 is 12.2 Å². The lowest BCUT2D eigenvalue weighted by Gasteiger charge is -2.29. The van der Waals surface area contributed by atoms with Gasteiger partial charge in [-0.25, -0.2) is 4.99 Å². The van der Waals surface area contributed by atoms with E-state index in [0.717, 1.165) is 16.3 Å². The normalized spacial score (nSPS) is 12.0. The quantitative estimate of drug-likeness (QED) is 0.0408. The molecule has 0 bridgehead atoms. The van der Waals surface area contributed by atoms with Gasteiger partial charge in [0.25, 0.3) is 0 Å².